The van der Waals surface area contributed by atoms with E-state index in [0.29, 0.717) is 27.6 Å². The second kappa shape index (κ2) is 8.14. The van der Waals surface area contributed by atoms with Crippen molar-refractivity contribution in [2.45, 2.75) is 16.2 Å². The first-order valence-corrected chi connectivity index (χ1v) is 9.79. The molecule has 4 rings (SSSR count). The smallest absolute Gasteiger partial charge is 0.254 e. The van der Waals surface area contributed by atoms with Crippen molar-refractivity contribution >= 4 is 23.4 Å². The summed E-state index contributed by atoms with van der Waals surface area (Å²) in [5.41, 5.74) is 1.05. The Bertz CT molecular complexity index is 1040. The van der Waals surface area contributed by atoms with Gasteiger partial charge in [0.05, 0.1) is 18.0 Å². The molecule has 0 saturated heterocycles. The number of ether oxygens (including phenoxy) is 2. The van der Waals surface area contributed by atoms with Gasteiger partial charge in [-0.2, -0.15) is 0 Å². The summed E-state index contributed by atoms with van der Waals surface area (Å²) in [7, 11) is 1.38. The van der Waals surface area contributed by atoms with Gasteiger partial charge in [-0.3, -0.25) is 4.79 Å². The van der Waals surface area contributed by atoms with E-state index in [1.807, 2.05) is 30.3 Å². The quantitative estimate of drug-likeness (QED) is 0.647. The van der Waals surface area contributed by atoms with Crippen LogP contribution >= 0.6 is 11.8 Å². The molecule has 0 saturated carbocycles. The maximum Gasteiger partial charge on any atom is 0.254 e. The van der Waals surface area contributed by atoms with Crippen LogP contribution in [0.1, 0.15) is 10.8 Å². The van der Waals surface area contributed by atoms with Gasteiger partial charge in [0.2, 0.25) is 0 Å². The zero-order valence-corrected chi connectivity index (χ0v) is 16.3. The van der Waals surface area contributed by atoms with E-state index in [4.69, 9.17) is 9.47 Å². The number of hydrogen-bond acceptors (Lipinski definition) is 5. The largest absolute Gasteiger partial charge is 0.494 e. The highest BCUT2D eigenvalue weighted by Crippen LogP contribution is 2.45. The molecule has 148 valence electrons. The maximum absolute atomic E-state index is 14.2. The Balaban J connectivity index is 1.67. The molecule has 0 aliphatic carbocycles. The number of anilines is 1. The average Bonchev–Trinajstić information content (AvgIpc) is 2.85. The van der Waals surface area contributed by atoms with E-state index in [0.717, 1.165) is 0 Å². The van der Waals surface area contributed by atoms with E-state index in [9.17, 15) is 14.3 Å². The Hall–Kier alpha value is -3.03. The lowest BCUT2D eigenvalue weighted by molar-refractivity contribution is -0.124. The summed E-state index contributed by atoms with van der Waals surface area (Å²) in [6.45, 7) is 0. The van der Waals surface area contributed by atoms with Crippen LogP contribution in [0.25, 0.3) is 0 Å². The van der Waals surface area contributed by atoms with E-state index in [2.05, 4.69) is 5.32 Å². The van der Waals surface area contributed by atoms with Gasteiger partial charge in [-0.15, -0.1) is 11.8 Å². The summed E-state index contributed by atoms with van der Waals surface area (Å²) in [5, 5.41) is 12.6. The van der Waals surface area contributed by atoms with Gasteiger partial charge in [0.15, 0.2) is 11.6 Å². The van der Waals surface area contributed by atoms with E-state index in [-0.39, 0.29) is 5.75 Å². The molecule has 1 amide bonds. The van der Waals surface area contributed by atoms with Crippen molar-refractivity contribution in [3.8, 4) is 17.2 Å². The highest BCUT2D eigenvalue weighted by molar-refractivity contribution is 7.99. The number of nitrogens with one attached hydrogen (secondary N) is 1. The van der Waals surface area contributed by atoms with Crippen LogP contribution in [0.5, 0.6) is 17.2 Å². The van der Waals surface area contributed by atoms with Crippen molar-refractivity contribution in [2.75, 3.05) is 12.4 Å². The number of rotatable bonds is 4. The van der Waals surface area contributed by atoms with E-state index in [1.54, 1.807) is 24.3 Å². The van der Waals surface area contributed by atoms with Crippen molar-refractivity contribution < 1.29 is 23.8 Å². The fourth-order valence-corrected chi connectivity index (χ4v) is 4.29. The lowest BCUT2D eigenvalue weighted by Crippen LogP contribution is -2.30. The standard InChI is InChI=1S/C22H18FNO4S/c1-27-18-10-7-13(11-16(18)23)21-20(25)22(26)24-17-9-8-15(12-19(17)29-21)28-14-5-3-2-4-6-14/h2-12,20-21,25H,1H3,(H,24,26). The number of amides is 1. The van der Waals surface area contributed by atoms with Crippen LogP contribution in [0.3, 0.4) is 0 Å². The highest BCUT2D eigenvalue weighted by Gasteiger charge is 2.33. The molecule has 5 nitrogen and oxygen atoms in total. The monoisotopic (exact) mass is 411 g/mol. The van der Waals surface area contributed by atoms with Crippen LogP contribution in [0.15, 0.2) is 71.6 Å². The summed E-state index contributed by atoms with van der Waals surface area (Å²) < 4.78 is 25.0. The number of halogens is 1. The molecule has 0 fully saturated rings. The molecule has 1 heterocycles. The van der Waals surface area contributed by atoms with Gasteiger partial charge in [-0.05, 0) is 48.0 Å². The fraction of sp³-hybridized carbons (Fsp3) is 0.136. The fourth-order valence-electron chi connectivity index (χ4n) is 3.05. The minimum Gasteiger partial charge on any atom is -0.494 e. The summed E-state index contributed by atoms with van der Waals surface area (Å²) >= 11 is 1.27. The Kier molecular flexibility index (Phi) is 5.42. The zero-order chi connectivity index (χ0) is 20.4. The number of para-hydroxylation sites is 1. The average molecular weight is 411 g/mol. The Labute approximate surface area is 171 Å². The van der Waals surface area contributed by atoms with Crippen LogP contribution in [0.4, 0.5) is 10.1 Å². The van der Waals surface area contributed by atoms with Gasteiger partial charge < -0.3 is 19.9 Å². The minimum absolute atomic E-state index is 0.102. The second-order valence-corrected chi connectivity index (χ2v) is 7.62. The molecule has 0 radical (unpaired) electrons. The van der Waals surface area contributed by atoms with Crippen molar-refractivity contribution in [3.05, 3.63) is 78.1 Å². The van der Waals surface area contributed by atoms with Crippen molar-refractivity contribution in [3.63, 3.8) is 0 Å². The third kappa shape index (κ3) is 4.06. The van der Waals surface area contributed by atoms with Crippen molar-refractivity contribution in [1.82, 2.24) is 0 Å². The molecule has 1 aliphatic heterocycles. The van der Waals surface area contributed by atoms with Crippen LogP contribution in [0.2, 0.25) is 0 Å². The first-order chi connectivity index (χ1) is 14.0. The molecule has 29 heavy (non-hydrogen) atoms. The van der Waals surface area contributed by atoms with Gasteiger partial charge in [-0.1, -0.05) is 24.3 Å². The van der Waals surface area contributed by atoms with Crippen LogP contribution in [-0.4, -0.2) is 24.2 Å². The molecule has 1 aliphatic rings. The van der Waals surface area contributed by atoms with Gasteiger partial charge in [0, 0.05) is 4.90 Å². The summed E-state index contributed by atoms with van der Waals surface area (Å²) in [6.07, 6.45) is -1.35. The summed E-state index contributed by atoms with van der Waals surface area (Å²) in [5.74, 6) is 0.278. The van der Waals surface area contributed by atoms with E-state index < -0.39 is 23.1 Å². The number of carbonyl (C=O) groups is 1. The molecular weight excluding hydrogens is 393 g/mol. The Morgan fingerprint density at radius 2 is 1.83 bits per heavy atom. The number of carbonyl (C=O) groups excluding carboxylic acids is 1. The first-order valence-electron chi connectivity index (χ1n) is 8.91. The lowest BCUT2D eigenvalue weighted by atomic mass is 10.1. The van der Waals surface area contributed by atoms with Crippen molar-refractivity contribution in [1.29, 1.82) is 0 Å². The predicted molar refractivity (Wildman–Crippen MR) is 109 cm³/mol. The summed E-state index contributed by atoms with van der Waals surface area (Å²) in [4.78, 5) is 13.1. The molecule has 2 atom stereocenters. The first kappa shape index (κ1) is 19.3. The molecule has 3 aromatic carbocycles. The molecule has 2 N–H and O–H groups in total. The number of hydrogen-bond donors (Lipinski definition) is 2. The van der Waals surface area contributed by atoms with Crippen LogP contribution in [-0.2, 0) is 4.79 Å². The number of methoxy groups -OCH3 is 1. The maximum atomic E-state index is 14.2. The summed E-state index contributed by atoms with van der Waals surface area (Å²) in [6, 6.07) is 19.0. The molecule has 2 unspecified atom stereocenters. The van der Waals surface area contributed by atoms with Gasteiger partial charge >= 0.3 is 0 Å². The Morgan fingerprint density at radius 1 is 1.03 bits per heavy atom. The minimum atomic E-state index is -1.35. The molecule has 7 heteroatoms. The predicted octanol–water partition coefficient (Wildman–Crippen LogP) is 4.77. The van der Waals surface area contributed by atoms with E-state index in [1.165, 1.54) is 31.0 Å². The SMILES string of the molecule is COc1ccc(C2Sc3cc(Oc4ccccc4)ccc3NC(=O)C2O)cc1F. The van der Waals surface area contributed by atoms with Gasteiger partial charge in [0.25, 0.3) is 5.91 Å². The highest BCUT2D eigenvalue weighted by atomic mass is 32.2. The number of benzene rings is 3. The number of thioether (sulfide) groups is 1. The normalized spacial score (nSPS) is 18.4. The number of aliphatic hydroxyl groups excluding tert-OH is 1. The molecule has 0 spiro atoms. The third-order valence-electron chi connectivity index (χ3n) is 4.50. The molecular formula is C22H18FNO4S. The topological polar surface area (TPSA) is 67.8 Å². The Morgan fingerprint density at radius 3 is 2.55 bits per heavy atom. The number of aliphatic hydroxyl groups is 1. The molecule has 0 bridgehead atoms. The van der Waals surface area contributed by atoms with E-state index >= 15 is 0 Å². The van der Waals surface area contributed by atoms with Gasteiger partial charge in [-0.25, -0.2) is 4.39 Å². The lowest BCUT2D eigenvalue weighted by Gasteiger charge is -2.19. The van der Waals surface area contributed by atoms with Crippen LogP contribution < -0.4 is 14.8 Å². The molecule has 3 aromatic rings. The number of fused-ring (bicyclic) bond motifs is 1. The van der Waals surface area contributed by atoms with Crippen molar-refractivity contribution in [2.24, 2.45) is 0 Å². The second-order valence-electron chi connectivity index (χ2n) is 6.44. The van der Waals surface area contributed by atoms with Crippen LogP contribution in [0, 0.1) is 5.82 Å². The zero-order valence-electron chi connectivity index (χ0n) is 15.5. The third-order valence-corrected chi connectivity index (χ3v) is 5.88. The van der Waals surface area contributed by atoms with Gasteiger partial charge in [0.1, 0.15) is 17.6 Å². The molecule has 0 aromatic heterocycles.